The number of carboxylic acid groups (broad SMARTS) is 1. The van der Waals surface area contributed by atoms with Crippen molar-refractivity contribution in [3.05, 3.63) is 0 Å². The zero-order chi connectivity index (χ0) is 9.07. The molecule has 0 aliphatic rings. The topological polar surface area (TPSA) is 40.5 Å². The lowest BCUT2D eigenvalue weighted by Crippen LogP contribution is -2.32. The van der Waals surface area contributed by atoms with Crippen LogP contribution in [0.5, 0.6) is 0 Å². The summed E-state index contributed by atoms with van der Waals surface area (Å²) >= 11 is 0. The Morgan fingerprint density at radius 2 is 1.92 bits per heavy atom. The van der Waals surface area contributed by atoms with Crippen molar-refractivity contribution in [3.63, 3.8) is 0 Å². The Balaban J connectivity index is 0. The van der Waals surface area contributed by atoms with E-state index in [4.69, 9.17) is 5.11 Å². The number of carbonyl (C=O) groups is 1. The molecule has 0 aliphatic heterocycles. The number of hydrogen-bond acceptors (Lipinski definition) is 2. The molecule has 0 spiro atoms. The van der Waals surface area contributed by atoms with Crippen LogP contribution >= 0.6 is 12.4 Å². The van der Waals surface area contributed by atoms with Crippen LogP contribution in [0.25, 0.3) is 0 Å². The molecule has 0 amide bonds. The largest absolute Gasteiger partial charge is 0.477 e. The highest BCUT2D eigenvalue weighted by atomic mass is 35.5. The minimum absolute atomic E-state index is 0. The summed E-state index contributed by atoms with van der Waals surface area (Å²) in [5.74, 6) is -5.65. The van der Waals surface area contributed by atoms with Crippen LogP contribution in [0, 0.1) is 0 Å². The third-order valence-corrected chi connectivity index (χ3v) is 1.19. The lowest BCUT2D eigenvalue weighted by atomic mass is 10.2. The first-order valence-corrected chi connectivity index (χ1v) is 3.12. The highest BCUT2D eigenvalue weighted by Crippen LogP contribution is 2.17. The molecule has 3 nitrogen and oxygen atoms in total. The SMILES string of the molecule is CN(C)CCC(F)(F)C(=O)O.Cl. The van der Waals surface area contributed by atoms with E-state index in [1.807, 2.05) is 0 Å². The molecule has 0 bridgehead atoms. The summed E-state index contributed by atoms with van der Waals surface area (Å²) in [4.78, 5) is 11.4. The van der Waals surface area contributed by atoms with Crippen molar-refractivity contribution >= 4 is 18.4 Å². The molecular formula is C6H12ClF2NO2. The molecule has 0 aromatic rings. The fraction of sp³-hybridized carbons (Fsp3) is 0.833. The van der Waals surface area contributed by atoms with Gasteiger partial charge in [-0.25, -0.2) is 4.79 Å². The first-order valence-electron chi connectivity index (χ1n) is 3.12. The van der Waals surface area contributed by atoms with Gasteiger partial charge in [0.15, 0.2) is 0 Å². The van der Waals surface area contributed by atoms with Crippen molar-refractivity contribution in [1.82, 2.24) is 4.90 Å². The van der Waals surface area contributed by atoms with Gasteiger partial charge < -0.3 is 10.0 Å². The molecule has 0 rings (SSSR count). The molecule has 0 saturated heterocycles. The zero-order valence-electron chi connectivity index (χ0n) is 6.88. The number of halogens is 3. The molecule has 1 N–H and O–H groups in total. The van der Waals surface area contributed by atoms with Crippen molar-refractivity contribution < 1.29 is 18.7 Å². The lowest BCUT2D eigenvalue weighted by molar-refractivity contribution is -0.165. The predicted molar refractivity (Wildman–Crippen MR) is 43.0 cm³/mol. The van der Waals surface area contributed by atoms with E-state index < -0.39 is 18.3 Å². The lowest BCUT2D eigenvalue weighted by Gasteiger charge is -2.14. The van der Waals surface area contributed by atoms with Crippen LogP contribution in [0.2, 0.25) is 0 Å². The van der Waals surface area contributed by atoms with E-state index in [-0.39, 0.29) is 19.0 Å². The van der Waals surface area contributed by atoms with Crippen LogP contribution in [0.15, 0.2) is 0 Å². The second-order valence-corrected chi connectivity index (χ2v) is 2.56. The number of alkyl halides is 2. The Bertz CT molecular complexity index is 152. The van der Waals surface area contributed by atoms with E-state index in [0.717, 1.165) is 0 Å². The van der Waals surface area contributed by atoms with Crippen molar-refractivity contribution in [2.75, 3.05) is 20.6 Å². The van der Waals surface area contributed by atoms with Crippen LogP contribution in [0.3, 0.4) is 0 Å². The maximum Gasteiger partial charge on any atom is 0.374 e. The summed E-state index contributed by atoms with van der Waals surface area (Å²) in [5, 5.41) is 7.99. The van der Waals surface area contributed by atoms with Crippen molar-refractivity contribution in [2.45, 2.75) is 12.3 Å². The Kier molecular flexibility index (Phi) is 6.20. The summed E-state index contributed by atoms with van der Waals surface area (Å²) in [6.07, 6.45) is -0.644. The Hall–Kier alpha value is -0.420. The van der Waals surface area contributed by atoms with Gasteiger partial charge in [-0.3, -0.25) is 0 Å². The van der Waals surface area contributed by atoms with Gasteiger partial charge in [-0.05, 0) is 14.1 Å². The standard InChI is InChI=1S/C6H11F2NO2.ClH/c1-9(2)4-3-6(7,8)5(10)11;/h3-4H2,1-2H3,(H,10,11);1H. The van der Waals surface area contributed by atoms with Crippen LogP contribution in [-0.4, -0.2) is 42.5 Å². The van der Waals surface area contributed by atoms with Gasteiger partial charge >= 0.3 is 11.9 Å². The summed E-state index contributed by atoms with van der Waals surface area (Å²) in [6, 6.07) is 0. The minimum atomic E-state index is -3.59. The molecule has 0 aromatic carbocycles. The van der Waals surface area contributed by atoms with E-state index in [1.165, 1.54) is 4.90 Å². The van der Waals surface area contributed by atoms with Gasteiger partial charge in [-0.15, -0.1) is 12.4 Å². The Morgan fingerprint density at radius 1 is 1.50 bits per heavy atom. The monoisotopic (exact) mass is 203 g/mol. The smallest absolute Gasteiger partial charge is 0.374 e. The molecule has 0 aliphatic carbocycles. The maximum absolute atomic E-state index is 12.3. The Morgan fingerprint density at radius 3 is 2.17 bits per heavy atom. The number of carboxylic acids is 1. The van der Waals surface area contributed by atoms with Gasteiger partial charge in [0.1, 0.15) is 0 Å². The average Bonchev–Trinajstić information content (AvgIpc) is 1.84. The number of rotatable bonds is 4. The van der Waals surface area contributed by atoms with Crippen LogP contribution in [0.4, 0.5) is 8.78 Å². The van der Waals surface area contributed by atoms with Gasteiger partial charge in [0.05, 0.1) is 0 Å². The highest BCUT2D eigenvalue weighted by Gasteiger charge is 2.37. The second-order valence-electron chi connectivity index (χ2n) is 2.56. The Labute approximate surface area is 75.8 Å². The predicted octanol–water partition coefficient (Wildman–Crippen LogP) is 1.08. The summed E-state index contributed by atoms with van der Waals surface area (Å²) in [5.41, 5.74) is 0. The minimum Gasteiger partial charge on any atom is -0.477 e. The van der Waals surface area contributed by atoms with Crippen molar-refractivity contribution in [1.29, 1.82) is 0 Å². The molecule has 0 heterocycles. The molecule has 0 unspecified atom stereocenters. The zero-order valence-corrected chi connectivity index (χ0v) is 7.70. The van der Waals surface area contributed by atoms with Crippen LogP contribution in [0.1, 0.15) is 6.42 Å². The summed E-state index contributed by atoms with van der Waals surface area (Å²) in [7, 11) is 3.22. The highest BCUT2D eigenvalue weighted by molar-refractivity contribution is 5.85. The normalized spacial score (nSPS) is 11.1. The third kappa shape index (κ3) is 5.26. The quantitative estimate of drug-likeness (QED) is 0.744. The van der Waals surface area contributed by atoms with E-state index in [9.17, 15) is 13.6 Å². The van der Waals surface area contributed by atoms with E-state index in [1.54, 1.807) is 14.1 Å². The molecule has 0 radical (unpaired) electrons. The summed E-state index contributed by atoms with van der Waals surface area (Å²) in [6.45, 7) is 0.0688. The van der Waals surface area contributed by atoms with Crippen LogP contribution in [-0.2, 0) is 4.79 Å². The number of aliphatic carboxylic acids is 1. The molecule has 0 saturated carbocycles. The van der Waals surface area contributed by atoms with Gasteiger partial charge in [0.2, 0.25) is 0 Å². The summed E-state index contributed by atoms with van der Waals surface area (Å²) < 4.78 is 24.6. The van der Waals surface area contributed by atoms with Gasteiger partial charge in [0, 0.05) is 13.0 Å². The maximum atomic E-state index is 12.3. The van der Waals surface area contributed by atoms with E-state index in [2.05, 4.69) is 0 Å². The molecule has 12 heavy (non-hydrogen) atoms. The number of nitrogens with zero attached hydrogens (tertiary/aromatic N) is 1. The number of hydrogen-bond donors (Lipinski definition) is 1. The molecular weight excluding hydrogens is 192 g/mol. The third-order valence-electron chi connectivity index (χ3n) is 1.19. The van der Waals surface area contributed by atoms with Gasteiger partial charge in [-0.2, -0.15) is 8.78 Å². The van der Waals surface area contributed by atoms with Crippen molar-refractivity contribution in [2.24, 2.45) is 0 Å². The van der Waals surface area contributed by atoms with Gasteiger partial charge in [-0.1, -0.05) is 0 Å². The van der Waals surface area contributed by atoms with Crippen molar-refractivity contribution in [3.8, 4) is 0 Å². The van der Waals surface area contributed by atoms with Gasteiger partial charge in [0.25, 0.3) is 0 Å². The molecule has 0 fully saturated rings. The second kappa shape index (κ2) is 5.27. The molecule has 0 aromatic heterocycles. The fourth-order valence-corrected chi connectivity index (χ4v) is 0.471. The fourth-order valence-electron chi connectivity index (χ4n) is 0.471. The molecule has 0 atom stereocenters. The average molecular weight is 204 g/mol. The first kappa shape index (κ1) is 14.1. The van der Waals surface area contributed by atoms with Crippen LogP contribution < -0.4 is 0 Å². The van der Waals surface area contributed by atoms with E-state index in [0.29, 0.717) is 0 Å². The molecule has 74 valence electrons. The van der Waals surface area contributed by atoms with E-state index >= 15 is 0 Å². The molecule has 6 heteroatoms. The first-order chi connectivity index (χ1) is 4.86.